The third-order valence-corrected chi connectivity index (χ3v) is 4.20. The van der Waals surface area contributed by atoms with Gasteiger partial charge in [-0.15, -0.1) is 5.10 Å². The van der Waals surface area contributed by atoms with Crippen molar-refractivity contribution in [3.8, 4) is 0 Å². The summed E-state index contributed by atoms with van der Waals surface area (Å²) in [4.78, 5) is 24.4. The van der Waals surface area contributed by atoms with Crippen LogP contribution in [-0.2, 0) is 9.53 Å². The van der Waals surface area contributed by atoms with E-state index < -0.39 is 17.4 Å². The molecule has 8 heteroatoms. The lowest BCUT2D eigenvalue weighted by Gasteiger charge is -2.27. The zero-order valence-corrected chi connectivity index (χ0v) is 14.0. The minimum absolute atomic E-state index is 0.217. The standard InChI is InChI=1S/C15H25N5O3/c1-4-7-15(2,14(22)23-3)17-13(21)12-10-20(19-18-12)11-5-8-16-9-6-11/h10-11,16H,4-9H2,1-3H3,(H,17,21). The lowest BCUT2D eigenvalue weighted by atomic mass is 9.96. The van der Waals surface area contributed by atoms with E-state index in [1.807, 2.05) is 6.92 Å². The van der Waals surface area contributed by atoms with Crippen molar-refractivity contribution in [2.24, 2.45) is 0 Å². The first kappa shape index (κ1) is 17.4. The zero-order chi connectivity index (χ0) is 16.9. The van der Waals surface area contributed by atoms with Crippen molar-refractivity contribution >= 4 is 11.9 Å². The molecule has 1 aliphatic rings. The second kappa shape index (κ2) is 7.54. The number of esters is 1. The Labute approximate surface area is 136 Å². The van der Waals surface area contributed by atoms with Gasteiger partial charge in [0.15, 0.2) is 5.69 Å². The highest BCUT2D eigenvalue weighted by Crippen LogP contribution is 2.18. The first-order valence-electron chi connectivity index (χ1n) is 8.03. The maximum Gasteiger partial charge on any atom is 0.331 e. The van der Waals surface area contributed by atoms with Crippen molar-refractivity contribution in [3.63, 3.8) is 0 Å². The molecule has 0 saturated carbocycles. The summed E-state index contributed by atoms with van der Waals surface area (Å²) in [5, 5.41) is 14.0. The van der Waals surface area contributed by atoms with Crippen molar-refractivity contribution < 1.29 is 14.3 Å². The van der Waals surface area contributed by atoms with Gasteiger partial charge >= 0.3 is 5.97 Å². The highest BCUT2D eigenvalue weighted by Gasteiger charge is 2.36. The molecule has 0 bridgehead atoms. The second-order valence-electron chi connectivity index (χ2n) is 6.09. The fourth-order valence-electron chi connectivity index (χ4n) is 2.89. The van der Waals surface area contributed by atoms with E-state index in [2.05, 4.69) is 20.9 Å². The number of methoxy groups -OCH3 is 1. The summed E-state index contributed by atoms with van der Waals surface area (Å²) in [6, 6.07) is 0.257. The van der Waals surface area contributed by atoms with Crippen molar-refractivity contribution in [1.82, 2.24) is 25.6 Å². The summed E-state index contributed by atoms with van der Waals surface area (Å²) in [6.07, 6.45) is 4.80. The van der Waals surface area contributed by atoms with Crippen LogP contribution in [0.15, 0.2) is 6.20 Å². The molecule has 2 N–H and O–H groups in total. The molecular weight excluding hydrogens is 298 g/mol. The number of rotatable bonds is 6. The van der Waals surface area contributed by atoms with Crippen LogP contribution in [0, 0.1) is 0 Å². The quantitative estimate of drug-likeness (QED) is 0.747. The van der Waals surface area contributed by atoms with Gasteiger partial charge in [0.05, 0.1) is 19.3 Å². The van der Waals surface area contributed by atoms with Crippen LogP contribution in [0.1, 0.15) is 56.1 Å². The SMILES string of the molecule is CCCC(C)(NC(=O)c1cn(C2CCNCC2)nn1)C(=O)OC. The molecule has 2 heterocycles. The number of hydrogen-bond donors (Lipinski definition) is 2. The van der Waals surface area contributed by atoms with E-state index in [-0.39, 0.29) is 11.7 Å². The number of aromatic nitrogens is 3. The predicted molar refractivity (Wildman–Crippen MR) is 84.0 cm³/mol. The Balaban J connectivity index is 2.07. The normalized spacial score (nSPS) is 18.2. The monoisotopic (exact) mass is 323 g/mol. The number of carbonyl (C=O) groups excluding carboxylic acids is 2. The molecule has 2 rings (SSSR count). The van der Waals surface area contributed by atoms with Crippen LogP contribution >= 0.6 is 0 Å². The molecule has 1 aliphatic heterocycles. The number of carbonyl (C=O) groups is 2. The van der Waals surface area contributed by atoms with Crippen LogP contribution < -0.4 is 10.6 Å². The molecule has 23 heavy (non-hydrogen) atoms. The summed E-state index contributed by atoms with van der Waals surface area (Å²) in [5.74, 6) is -0.870. The summed E-state index contributed by atoms with van der Waals surface area (Å²) >= 11 is 0. The molecule has 0 aromatic carbocycles. The predicted octanol–water partition coefficient (Wildman–Crippen LogP) is 0.664. The van der Waals surface area contributed by atoms with Gasteiger partial charge in [-0.05, 0) is 39.3 Å². The van der Waals surface area contributed by atoms with Crippen molar-refractivity contribution in [2.75, 3.05) is 20.2 Å². The third-order valence-electron chi connectivity index (χ3n) is 4.20. The van der Waals surface area contributed by atoms with Gasteiger partial charge in [0.2, 0.25) is 0 Å². The second-order valence-corrected chi connectivity index (χ2v) is 6.09. The Bertz CT molecular complexity index is 553. The Hall–Kier alpha value is -1.96. The molecule has 1 fully saturated rings. The number of piperidine rings is 1. The molecule has 1 atom stereocenters. The molecule has 1 unspecified atom stereocenters. The molecule has 1 saturated heterocycles. The molecule has 0 radical (unpaired) electrons. The van der Waals surface area contributed by atoms with Crippen molar-refractivity contribution in [1.29, 1.82) is 0 Å². The summed E-state index contributed by atoms with van der Waals surface area (Å²) < 4.78 is 6.54. The number of amides is 1. The van der Waals surface area contributed by atoms with Gasteiger partial charge in [0.1, 0.15) is 5.54 Å². The van der Waals surface area contributed by atoms with Crippen molar-refractivity contribution in [3.05, 3.63) is 11.9 Å². The van der Waals surface area contributed by atoms with E-state index in [9.17, 15) is 9.59 Å². The minimum atomic E-state index is -1.06. The third kappa shape index (κ3) is 4.07. The molecule has 1 aromatic heterocycles. The fourth-order valence-corrected chi connectivity index (χ4v) is 2.89. The van der Waals surface area contributed by atoms with Gasteiger partial charge in [-0.3, -0.25) is 4.79 Å². The fraction of sp³-hybridized carbons (Fsp3) is 0.733. The van der Waals surface area contributed by atoms with Crippen LogP contribution in [0.4, 0.5) is 0 Å². The molecule has 0 spiro atoms. The number of hydrogen-bond acceptors (Lipinski definition) is 6. The summed E-state index contributed by atoms with van der Waals surface area (Å²) in [5.41, 5.74) is -0.839. The van der Waals surface area contributed by atoms with Gasteiger partial charge in [-0.2, -0.15) is 0 Å². The molecule has 8 nitrogen and oxygen atoms in total. The Morgan fingerprint density at radius 2 is 2.17 bits per heavy atom. The Morgan fingerprint density at radius 1 is 1.48 bits per heavy atom. The largest absolute Gasteiger partial charge is 0.467 e. The zero-order valence-electron chi connectivity index (χ0n) is 14.0. The van der Waals surface area contributed by atoms with Crippen LogP contribution in [-0.4, -0.2) is 52.6 Å². The van der Waals surface area contributed by atoms with E-state index in [1.165, 1.54) is 7.11 Å². The number of nitrogens with one attached hydrogen (secondary N) is 2. The molecule has 128 valence electrons. The summed E-state index contributed by atoms with van der Waals surface area (Å²) in [6.45, 7) is 5.48. The lowest BCUT2D eigenvalue weighted by molar-refractivity contribution is -0.147. The van der Waals surface area contributed by atoms with Crippen LogP contribution in [0.2, 0.25) is 0 Å². The maximum atomic E-state index is 12.4. The molecular formula is C15H25N5O3. The Kier molecular flexibility index (Phi) is 5.70. The smallest absolute Gasteiger partial charge is 0.331 e. The van der Waals surface area contributed by atoms with E-state index >= 15 is 0 Å². The van der Waals surface area contributed by atoms with Crippen molar-refractivity contribution in [2.45, 2.75) is 51.1 Å². The first-order valence-corrected chi connectivity index (χ1v) is 8.03. The average molecular weight is 323 g/mol. The van der Waals surface area contributed by atoms with Crippen LogP contribution in [0.3, 0.4) is 0 Å². The lowest BCUT2D eigenvalue weighted by Crippen LogP contribution is -2.52. The first-order chi connectivity index (χ1) is 11.0. The van der Waals surface area contributed by atoms with E-state index in [1.54, 1.807) is 17.8 Å². The molecule has 1 amide bonds. The highest BCUT2D eigenvalue weighted by atomic mass is 16.5. The maximum absolute atomic E-state index is 12.4. The minimum Gasteiger partial charge on any atom is -0.467 e. The summed E-state index contributed by atoms with van der Waals surface area (Å²) in [7, 11) is 1.32. The Morgan fingerprint density at radius 3 is 2.78 bits per heavy atom. The average Bonchev–Trinajstić information content (AvgIpc) is 3.05. The molecule has 0 aliphatic carbocycles. The number of ether oxygens (including phenoxy) is 1. The number of nitrogens with zero attached hydrogens (tertiary/aromatic N) is 3. The molecule has 1 aromatic rings. The topological polar surface area (TPSA) is 98.1 Å². The van der Waals surface area contributed by atoms with Gasteiger partial charge in [0.25, 0.3) is 5.91 Å². The van der Waals surface area contributed by atoms with Gasteiger partial charge < -0.3 is 15.4 Å². The van der Waals surface area contributed by atoms with Gasteiger partial charge in [-0.1, -0.05) is 18.6 Å². The van der Waals surface area contributed by atoms with Gasteiger partial charge in [0, 0.05) is 0 Å². The van der Waals surface area contributed by atoms with E-state index in [4.69, 9.17) is 4.74 Å². The van der Waals surface area contributed by atoms with Crippen LogP contribution in [0.25, 0.3) is 0 Å². The van der Waals surface area contributed by atoms with E-state index in [0.717, 1.165) is 32.4 Å². The van der Waals surface area contributed by atoms with Gasteiger partial charge in [-0.25, -0.2) is 9.48 Å². The highest BCUT2D eigenvalue weighted by molar-refractivity contribution is 5.96. The van der Waals surface area contributed by atoms with E-state index in [0.29, 0.717) is 6.42 Å². The van der Waals surface area contributed by atoms with Crippen LogP contribution in [0.5, 0.6) is 0 Å².